The summed E-state index contributed by atoms with van der Waals surface area (Å²) in [5.41, 5.74) is 5.47. The molecule has 0 radical (unpaired) electrons. The molecule has 1 fully saturated rings. The second-order valence-corrected chi connectivity index (χ2v) is 5.99. The van der Waals surface area contributed by atoms with Gasteiger partial charge in [0.25, 0.3) is 0 Å². The molecule has 1 aliphatic rings. The number of hydrogen-bond acceptors (Lipinski definition) is 3. The van der Waals surface area contributed by atoms with E-state index in [1.807, 2.05) is 0 Å². The molecule has 0 spiro atoms. The lowest BCUT2D eigenvalue weighted by Gasteiger charge is -2.18. The van der Waals surface area contributed by atoms with Gasteiger partial charge < -0.3 is 5.73 Å². The maximum Gasteiger partial charge on any atom is 0.301 e. The van der Waals surface area contributed by atoms with Gasteiger partial charge in [0.05, 0.1) is 5.69 Å². The molecular formula is C11H15FN4O2S. The summed E-state index contributed by atoms with van der Waals surface area (Å²) in [6.07, 6.45) is 1.65. The highest BCUT2D eigenvalue weighted by molar-refractivity contribution is 7.90. The lowest BCUT2D eigenvalue weighted by Crippen LogP contribution is -2.34. The summed E-state index contributed by atoms with van der Waals surface area (Å²) >= 11 is 0. The molecule has 0 amide bonds. The fourth-order valence-electron chi connectivity index (χ4n) is 1.96. The number of amidine groups is 1. The van der Waals surface area contributed by atoms with E-state index in [0.717, 1.165) is 25.0 Å². The van der Waals surface area contributed by atoms with Gasteiger partial charge in [0, 0.05) is 18.7 Å². The van der Waals surface area contributed by atoms with Gasteiger partial charge in [-0.15, -0.1) is 0 Å². The van der Waals surface area contributed by atoms with Crippen LogP contribution in [-0.2, 0) is 10.2 Å². The van der Waals surface area contributed by atoms with Crippen molar-refractivity contribution in [1.29, 1.82) is 5.41 Å². The van der Waals surface area contributed by atoms with E-state index in [0.29, 0.717) is 13.1 Å². The van der Waals surface area contributed by atoms with Crippen LogP contribution < -0.4 is 10.5 Å². The molecule has 0 atom stereocenters. The molecule has 0 bridgehead atoms. The number of benzene rings is 1. The van der Waals surface area contributed by atoms with E-state index in [2.05, 4.69) is 4.72 Å². The number of nitrogens with two attached hydrogens (primary N) is 1. The molecular weight excluding hydrogens is 271 g/mol. The van der Waals surface area contributed by atoms with Crippen LogP contribution in [0.15, 0.2) is 18.2 Å². The summed E-state index contributed by atoms with van der Waals surface area (Å²) in [6, 6.07) is 3.41. The Morgan fingerprint density at radius 2 is 2.00 bits per heavy atom. The Hall–Kier alpha value is -1.67. The van der Waals surface area contributed by atoms with Crippen LogP contribution in [-0.4, -0.2) is 31.6 Å². The maximum atomic E-state index is 13.1. The zero-order valence-corrected chi connectivity index (χ0v) is 11.0. The molecule has 0 aromatic heterocycles. The van der Waals surface area contributed by atoms with Crippen LogP contribution >= 0.6 is 0 Å². The zero-order chi connectivity index (χ0) is 14.0. The Balaban J connectivity index is 2.30. The molecule has 2 rings (SSSR count). The molecule has 1 aliphatic heterocycles. The molecule has 19 heavy (non-hydrogen) atoms. The third-order valence-electron chi connectivity index (χ3n) is 2.92. The van der Waals surface area contributed by atoms with Crippen molar-refractivity contribution >= 4 is 21.7 Å². The molecule has 1 aromatic rings. The molecule has 0 unspecified atom stereocenters. The minimum absolute atomic E-state index is 0.0303. The van der Waals surface area contributed by atoms with Crippen LogP contribution in [0, 0.1) is 11.2 Å². The van der Waals surface area contributed by atoms with E-state index < -0.39 is 21.9 Å². The lowest BCUT2D eigenvalue weighted by molar-refractivity contribution is 0.482. The van der Waals surface area contributed by atoms with Gasteiger partial charge in [0.2, 0.25) is 0 Å². The lowest BCUT2D eigenvalue weighted by atomic mass is 10.1. The van der Waals surface area contributed by atoms with Crippen molar-refractivity contribution in [3.8, 4) is 0 Å². The van der Waals surface area contributed by atoms with E-state index in [-0.39, 0.29) is 11.3 Å². The average molecular weight is 286 g/mol. The van der Waals surface area contributed by atoms with Crippen LogP contribution in [0.4, 0.5) is 10.1 Å². The fourth-order valence-corrected chi connectivity index (χ4v) is 3.28. The van der Waals surface area contributed by atoms with Crippen LogP contribution in [0.3, 0.4) is 0 Å². The quantitative estimate of drug-likeness (QED) is 0.565. The number of anilines is 1. The second-order valence-electron chi connectivity index (χ2n) is 4.32. The Labute approximate surface area is 111 Å². The van der Waals surface area contributed by atoms with Crippen LogP contribution in [0.25, 0.3) is 0 Å². The van der Waals surface area contributed by atoms with E-state index in [1.54, 1.807) is 0 Å². The number of nitrogens with zero attached hydrogens (tertiary/aromatic N) is 1. The fraction of sp³-hybridized carbons (Fsp3) is 0.364. The maximum absolute atomic E-state index is 13.1. The highest BCUT2D eigenvalue weighted by atomic mass is 32.2. The zero-order valence-electron chi connectivity index (χ0n) is 10.2. The van der Waals surface area contributed by atoms with Crippen LogP contribution in [0.5, 0.6) is 0 Å². The molecule has 4 N–H and O–H groups in total. The predicted octanol–water partition coefficient (Wildman–Crippen LogP) is 0.862. The van der Waals surface area contributed by atoms with E-state index >= 15 is 0 Å². The molecule has 0 aliphatic carbocycles. The smallest absolute Gasteiger partial charge is 0.301 e. The van der Waals surface area contributed by atoms with Gasteiger partial charge in [-0.3, -0.25) is 10.1 Å². The summed E-state index contributed by atoms with van der Waals surface area (Å²) in [4.78, 5) is 0. The minimum Gasteiger partial charge on any atom is -0.384 e. The van der Waals surface area contributed by atoms with Gasteiger partial charge in [-0.05, 0) is 31.0 Å². The summed E-state index contributed by atoms with van der Waals surface area (Å²) in [5, 5.41) is 7.35. The first-order valence-corrected chi connectivity index (χ1v) is 7.26. The number of nitrogen functional groups attached to an aromatic ring is 1. The molecule has 8 heteroatoms. The first-order chi connectivity index (χ1) is 8.90. The third-order valence-corrected chi connectivity index (χ3v) is 4.44. The topological polar surface area (TPSA) is 99.3 Å². The standard InChI is InChI=1S/C11H15FN4O2S/c12-8-3-4-10(9(7-8)11(13)14)15-19(17,18)16-5-1-2-6-16/h3-4,7,15H,1-2,5-6H2,(H3,13,14). The van der Waals surface area contributed by atoms with Gasteiger partial charge in [-0.1, -0.05) is 0 Å². The Morgan fingerprint density at radius 1 is 1.37 bits per heavy atom. The Morgan fingerprint density at radius 3 is 2.58 bits per heavy atom. The predicted molar refractivity (Wildman–Crippen MR) is 70.8 cm³/mol. The first-order valence-electron chi connectivity index (χ1n) is 5.82. The summed E-state index contributed by atoms with van der Waals surface area (Å²) < 4.78 is 40.9. The van der Waals surface area contributed by atoms with Crippen molar-refractivity contribution < 1.29 is 12.8 Å². The second kappa shape index (κ2) is 5.14. The summed E-state index contributed by atoms with van der Waals surface area (Å²) in [5.74, 6) is -0.965. The third kappa shape index (κ3) is 3.02. The Kier molecular flexibility index (Phi) is 3.72. The van der Waals surface area contributed by atoms with Gasteiger partial charge in [0.1, 0.15) is 11.7 Å². The summed E-state index contributed by atoms with van der Waals surface area (Å²) in [6.45, 7) is 0.928. The molecule has 104 valence electrons. The van der Waals surface area contributed by atoms with Gasteiger partial charge in [0.15, 0.2) is 0 Å². The number of hydrogen-bond donors (Lipinski definition) is 3. The molecule has 1 aromatic carbocycles. The van der Waals surface area contributed by atoms with E-state index in [4.69, 9.17) is 11.1 Å². The first kappa shape index (κ1) is 13.8. The molecule has 1 saturated heterocycles. The number of halogens is 1. The van der Waals surface area contributed by atoms with Crippen molar-refractivity contribution in [2.75, 3.05) is 17.8 Å². The van der Waals surface area contributed by atoms with Crippen LogP contribution in [0.1, 0.15) is 18.4 Å². The van der Waals surface area contributed by atoms with Crippen molar-refractivity contribution in [3.63, 3.8) is 0 Å². The molecule has 6 nitrogen and oxygen atoms in total. The van der Waals surface area contributed by atoms with Crippen LogP contribution in [0.2, 0.25) is 0 Å². The molecule has 0 saturated carbocycles. The average Bonchev–Trinajstić information content (AvgIpc) is 2.85. The van der Waals surface area contributed by atoms with Gasteiger partial charge >= 0.3 is 10.2 Å². The van der Waals surface area contributed by atoms with Crippen molar-refractivity contribution in [2.45, 2.75) is 12.8 Å². The minimum atomic E-state index is -3.67. The normalized spacial score (nSPS) is 16.5. The van der Waals surface area contributed by atoms with E-state index in [1.165, 1.54) is 10.4 Å². The Bertz CT molecular complexity index is 597. The monoisotopic (exact) mass is 286 g/mol. The highest BCUT2D eigenvalue weighted by Crippen LogP contribution is 2.21. The number of nitrogens with one attached hydrogen (secondary N) is 2. The van der Waals surface area contributed by atoms with Crippen molar-refractivity contribution in [3.05, 3.63) is 29.6 Å². The molecule has 1 heterocycles. The SMILES string of the molecule is N=C(N)c1cc(F)ccc1NS(=O)(=O)N1CCCC1. The summed E-state index contributed by atoms with van der Waals surface area (Å²) in [7, 11) is -3.67. The van der Waals surface area contributed by atoms with E-state index in [9.17, 15) is 12.8 Å². The largest absolute Gasteiger partial charge is 0.384 e. The number of rotatable bonds is 4. The van der Waals surface area contributed by atoms with Crippen molar-refractivity contribution in [1.82, 2.24) is 4.31 Å². The highest BCUT2D eigenvalue weighted by Gasteiger charge is 2.26. The van der Waals surface area contributed by atoms with Gasteiger partial charge in [-0.2, -0.15) is 12.7 Å². The van der Waals surface area contributed by atoms with Crippen molar-refractivity contribution in [2.24, 2.45) is 5.73 Å². The van der Waals surface area contributed by atoms with Gasteiger partial charge in [-0.25, -0.2) is 4.39 Å².